The van der Waals surface area contributed by atoms with Crippen molar-refractivity contribution < 1.29 is 4.79 Å². The maximum Gasteiger partial charge on any atom is 0.231 e. The molecular weight excluding hydrogens is 166 g/mol. The van der Waals surface area contributed by atoms with E-state index in [0.29, 0.717) is 0 Å². The average Bonchev–Trinajstić information content (AvgIpc) is 2.19. The Morgan fingerprint density at radius 2 is 2.08 bits per heavy atom. The van der Waals surface area contributed by atoms with Crippen molar-refractivity contribution in [1.29, 1.82) is 5.41 Å². The number of nitrogens with one attached hydrogen (secondary N) is 1. The molecule has 2 aromatic heterocycles. The second kappa shape index (κ2) is 4.74. The van der Waals surface area contributed by atoms with Crippen LogP contribution in [0.4, 0.5) is 0 Å². The van der Waals surface area contributed by atoms with E-state index in [-0.39, 0.29) is 0 Å². The number of isocyanates is 1. The first-order valence-electron chi connectivity index (χ1n) is 3.57. The molecule has 0 unspecified atom stereocenters. The van der Waals surface area contributed by atoms with Crippen molar-refractivity contribution in [3.8, 4) is 0 Å². The Hall–Kier alpha value is -2.06. The molecular formula is C9H7N3O. The van der Waals surface area contributed by atoms with Crippen LogP contribution in [0.5, 0.6) is 0 Å². The fourth-order valence-corrected chi connectivity index (χ4v) is 0.915. The molecule has 0 fully saturated rings. The van der Waals surface area contributed by atoms with E-state index >= 15 is 0 Å². The molecule has 0 aliphatic rings. The van der Waals surface area contributed by atoms with Crippen molar-refractivity contribution in [3.63, 3.8) is 0 Å². The number of rotatable bonds is 0. The highest BCUT2D eigenvalue weighted by molar-refractivity contribution is 5.76. The Bertz CT molecular complexity index is 356. The van der Waals surface area contributed by atoms with Crippen molar-refractivity contribution in [1.82, 2.24) is 9.97 Å². The van der Waals surface area contributed by atoms with Gasteiger partial charge in [-0.05, 0) is 18.2 Å². The van der Waals surface area contributed by atoms with E-state index in [1.54, 1.807) is 12.4 Å². The second-order valence-corrected chi connectivity index (χ2v) is 2.17. The van der Waals surface area contributed by atoms with E-state index in [2.05, 4.69) is 9.97 Å². The third-order valence-corrected chi connectivity index (χ3v) is 1.40. The third-order valence-electron chi connectivity index (χ3n) is 1.40. The fraction of sp³-hybridized carbons (Fsp3) is 0. The van der Waals surface area contributed by atoms with Crippen LogP contribution in [0, 0.1) is 5.41 Å². The Balaban J connectivity index is 0.000000251. The average molecular weight is 173 g/mol. The molecule has 2 heterocycles. The Kier molecular flexibility index (Phi) is 3.30. The van der Waals surface area contributed by atoms with Crippen LogP contribution in [0.25, 0.3) is 10.9 Å². The molecule has 0 saturated heterocycles. The molecule has 4 heteroatoms. The number of aromatic nitrogens is 2. The van der Waals surface area contributed by atoms with Crippen molar-refractivity contribution in [2.45, 2.75) is 0 Å². The summed E-state index contributed by atoms with van der Waals surface area (Å²) in [7, 11) is 0. The van der Waals surface area contributed by atoms with Crippen LogP contribution in [0.3, 0.4) is 0 Å². The van der Waals surface area contributed by atoms with E-state index in [1.807, 2.05) is 24.4 Å². The zero-order chi connectivity index (χ0) is 9.52. The summed E-state index contributed by atoms with van der Waals surface area (Å²) in [6.45, 7) is 0. The first-order chi connectivity index (χ1) is 6.38. The minimum Gasteiger partial charge on any atom is -0.264 e. The molecule has 0 saturated carbocycles. The van der Waals surface area contributed by atoms with Gasteiger partial charge >= 0.3 is 0 Å². The third kappa shape index (κ3) is 2.47. The van der Waals surface area contributed by atoms with Gasteiger partial charge in [-0.3, -0.25) is 9.97 Å². The van der Waals surface area contributed by atoms with Crippen LogP contribution in [0.15, 0.2) is 36.8 Å². The molecule has 13 heavy (non-hydrogen) atoms. The van der Waals surface area contributed by atoms with Crippen LogP contribution < -0.4 is 0 Å². The van der Waals surface area contributed by atoms with Crippen molar-refractivity contribution in [2.75, 3.05) is 0 Å². The van der Waals surface area contributed by atoms with Crippen molar-refractivity contribution in [2.24, 2.45) is 0 Å². The second-order valence-electron chi connectivity index (χ2n) is 2.17. The van der Waals surface area contributed by atoms with Crippen molar-refractivity contribution in [3.05, 3.63) is 36.8 Å². The quantitative estimate of drug-likeness (QED) is 0.485. The number of nitrogens with zero attached hydrogens (tertiary/aromatic N) is 2. The standard InChI is InChI=1S/C8H6N2.CHNO/c1-2-7-6-9-5-3-8(7)10-4-1;2-1-3/h1-6H;2H. The molecule has 0 spiro atoms. The van der Waals surface area contributed by atoms with Gasteiger partial charge in [0, 0.05) is 24.0 Å². The lowest BCUT2D eigenvalue weighted by molar-refractivity contribution is 0.563. The summed E-state index contributed by atoms with van der Waals surface area (Å²) >= 11 is 0. The SMILES string of the molecule is N=C=O.c1cnc2ccncc2c1. The maximum absolute atomic E-state index is 8.35. The van der Waals surface area contributed by atoms with E-state index < -0.39 is 0 Å². The van der Waals surface area contributed by atoms with Gasteiger partial charge in [0.05, 0.1) is 5.52 Å². The maximum atomic E-state index is 8.35. The van der Waals surface area contributed by atoms with Crippen LogP contribution >= 0.6 is 0 Å². The van der Waals surface area contributed by atoms with E-state index in [9.17, 15) is 0 Å². The van der Waals surface area contributed by atoms with E-state index in [4.69, 9.17) is 10.2 Å². The highest BCUT2D eigenvalue weighted by Crippen LogP contribution is 2.05. The summed E-state index contributed by atoms with van der Waals surface area (Å²) in [5.41, 5.74) is 0.998. The van der Waals surface area contributed by atoms with Gasteiger partial charge in [0.1, 0.15) is 0 Å². The molecule has 0 bridgehead atoms. The zero-order valence-electron chi connectivity index (χ0n) is 6.77. The summed E-state index contributed by atoms with van der Waals surface area (Å²) in [4.78, 5) is 16.5. The van der Waals surface area contributed by atoms with Crippen LogP contribution in [-0.2, 0) is 4.79 Å². The topological polar surface area (TPSA) is 66.7 Å². The normalized spacial score (nSPS) is 8.31. The molecule has 2 aromatic rings. The van der Waals surface area contributed by atoms with Gasteiger partial charge < -0.3 is 0 Å². The molecule has 0 aliphatic carbocycles. The summed E-state index contributed by atoms with van der Waals surface area (Å²) in [6, 6.07) is 5.80. The van der Waals surface area contributed by atoms with Gasteiger partial charge in [-0.2, -0.15) is 0 Å². The minimum atomic E-state index is 0.750. The summed E-state index contributed by atoms with van der Waals surface area (Å²) in [5, 5.41) is 6.49. The molecule has 0 amide bonds. The van der Waals surface area contributed by atoms with Gasteiger partial charge in [0.2, 0.25) is 6.08 Å². The summed E-state index contributed by atoms with van der Waals surface area (Å²) < 4.78 is 0. The first kappa shape index (κ1) is 9.03. The van der Waals surface area contributed by atoms with Crippen LogP contribution in [-0.4, -0.2) is 16.0 Å². The lowest BCUT2D eigenvalue weighted by atomic mass is 10.3. The predicted octanol–water partition coefficient (Wildman–Crippen LogP) is 1.53. The van der Waals surface area contributed by atoms with Gasteiger partial charge in [-0.25, -0.2) is 10.2 Å². The van der Waals surface area contributed by atoms with Gasteiger partial charge in [-0.15, -0.1) is 0 Å². The predicted molar refractivity (Wildman–Crippen MR) is 48.0 cm³/mol. The largest absolute Gasteiger partial charge is 0.264 e. The molecule has 0 aliphatic heterocycles. The van der Waals surface area contributed by atoms with Crippen LogP contribution in [0.2, 0.25) is 0 Å². The Labute approximate surface area is 74.8 Å². The van der Waals surface area contributed by atoms with Gasteiger partial charge in [-0.1, -0.05) is 0 Å². The smallest absolute Gasteiger partial charge is 0.231 e. The van der Waals surface area contributed by atoms with E-state index in [0.717, 1.165) is 17.0 Å². The summed E-state index contributed by atoms with van der Waals surface area (Å²) in [6.07, 6.45) is 6.08. The Morgan fingerprint density at radius 3 is 2.77 bits per heavy atom. The fourth-order valence-electron chi connectivity index (χ4n) is 0.915. The zero-order valence-corrected chi connectivity index (χ0v) is 6.77. The number of fused-ring (bicyclic) bond motifs is 1. The number of pyridine rings is 2. The minimum absolute atomic E-state index is 0.750. The molecule has 0 aromatic carbocycles. The molecule has 4 nitrogen and oxygen atoms in total. The molecule has 2 rings (SSSR count). The number of carbonyl (C=O) groups excluding carboxylic acids is 1. The first-order valence-corrected chi connectivity index (χ1v) is 3.57. The molecule has 0 radical (unpaired) electrons. The molecule has 1 N–H and O–H groups in total. The lowest BCUT2D eigenvalue weighted by Crippen LogP contribution is -1.76. The van der Waals surface area contributed by atoms with Crippen molar-refractivity contribution >= 4 is 17.0 Å². The van der Waals surface area contributed by atoms with E-state index in [1.165, 1.54) is 0 Å². The van der Waals surface area contributed by atoms with Gasteiger partial charge in [0.15, 0.2) is 0 Å². The van der Waals surface area contributed by atoms with Crippen LogP contribution in [0.1, 0.15) is 0 Å². The molecule has 64 valence electrons. The number of hydrogen-bond acceptors (Lipinski definition) is 4. The molecule has 0 atom stereocenters. The highest BCUT2D eigenvalue weighted by Gasteiger charge is 1.87. The Morgan fingerprint density at radius 1 is 1.31 bits per heavy atom. The lowest BCUT2D eigenvalue weighted by Gasteiger charge is -1.90. The highest BCUT2D eigenvalue weighted by atomic mass is 16.1. The summed E-state index contributed by atoms with van der Waals surface area (Å²) in [5.74, 6) is 0. The monoisotopic (exact) mass is 173 g/mol. The number of hydrogen-bond donors (Lipinski definition) is 1. The van der Waals surface area contributed by atoms with Gasteiger partial charge in [0.25, 0.3) is 0 Å².